The minimum absolute atomic E-state index is 0.158. The first-order valence-corrected chi connectivity index (χ1v) is 6.27. The summed E-state index contributed by atoms with van der Waals surface area (Å²) >= 11 is 5.97. The highest BCUT2D eigenvalue weighted by Gasteiger charge is 2.11. The summed E-state index contributed by atoms with van der Waals surface area (Å²) in [6.45, 7) is 0.511. The molecule has 0 aliphatic carbocycles. The van der Waals surface area contributed by atoms with Gasteiger partial charge in [0.2, 0.25) is 0 Å². The van der Waals surface area contributed by atoms with E-state index in [1.54, 1.807) is 12.1 Å². The molecule has 0 fully saturated rings. The first-order chi connectivity index (χ1) is 8.69. The van der Waals surface area contributed by atoms with Crippen molar-refractivity contribution in [3.63, 3.8) is 0 Å². The summed E-state index contributed by atoms with van der Waals surface area (Å²) in [6.07, 6.45) is 0.717. The predicted octanol–water partition coefficient (Wildman–Crippen LogP) is 3.76. The van der Waals surface area contributed by atoms with Crippen molar-refractivity contribution < 1.29 is 4.39 Å². The Morgan fingerprint density at radius 1 is 1.11 bits per heavy atom. The Balaban J connectivity index is 2.19. The topological polar surface area (TPSA) is 26.0 Å². The van der Waals surface area contributed by atoms with Gasteiger partial charge in [0.25, 0.3) is 0 Å². The van der Waals surface area contributed by atoms with Crippen molar-refractivity contribution in [3.05, 3.63) is 70.5 Å². The Morgan fingerprint density at radius 3 is 2.56 bits per heavy atom. The van der Waals surface area contributed by atoms with Crippen LogP contribution >= 0.6 is 11.6 Å². The van der Waals surface area contributed by atoms with Crippen LogP contribution in [0.4, 0.5) is 4.39 Å². The van der Waals surface area contributed by atoms with E-state index < -0.39 is 0 Å². The molecule has 2 rings (SSSR count). The molecule has 0 saturated carbocycles. The molecule has 3 heteroatoms. The van der Waals surface area contributed by atoms with Crippen LogP contribution in [0.25, 0.3) is 0 Å². The molecule has 0 spiro atoms. The van der Waals surface area contributed by atoms with Crippen LogP contribution in [-0.4, -0.2) is 6.54 Å². The minimum atomic E-state index is -0.214. The maximum Gasteiger partial charge on any atom is 0.123 e. The smallest absolute Gasteiger partial charge is 0.123 e. The molecular formula is C15H15ClFN. The third-order valence-electron chi connectivity index (χ3n) is 2.98. The molecule has 2 N–H and O–H groups in total. The minimum Gasteiger partial charge on any atom is -0.330 e. The van der Waals surface area contributed by atoms with Gasteiger partial charge in [0.1, 0.15) is 5.82 Å². The van der Waals surface area contributed by atoms with Gasteiger partial charge in [-0.3, -0.25) is 0 Å². The van der Waals surface area contributed by atoms with Crippen LogP contribution < -0.4 is 5.73 Å². The van der Waals surface area contributed by atoms with E-state index in [0.717, 1.165) is 11.1 Å². The molecule has 0 aliphatic rings. The van der Waals surface area contributed by atoms with Crippen molar-refractivity contribution in [2.24, 2.45) is 5.73 Å². The predicted molar refractivity (Wildman–Crippen MR) is 73.4 cm³/mol. The Bertz CT molecular complexity index is 527. The second-order valence-corrected chi connectivity index (χ2v) is 4.76. The molecule has 1 nitrogen and oxygen atoms in total. The molecule has 0 heterocycles. The third-order valence-corrected chi connectivity index (χ3v) is 3.21. The van der Waals surface area contributed by atoms with Gasteiger partial charge in [0.05, 0.1) is 0 Å². The fraction of sp³-hybridized carbons (Fsp3) is 0.200. The van der Waals surface area contributed by atoms with Crippen molar-refractivity contribution in [1.82, 2.24) is 0 Å². The molecule has 2 aromatic rings. The quantitative estimate of drug-likeness (QED) is 0.893. The average molecular weight is 264 g/mol. The number of hydrogen-bond donors (Lipinski definition) is 1. The fourth-order valence-corrected chi connectivity index (χ4v) is 2.24. The van der Waals surface area contributed by atoms with E-state index in [2.05, 4.69) is 0 Å². The lowest BCUT2D eigenvalue weighted by Crippen LogP contribution is -2.15. The highest BCUT2D eigenvalue weighted by molar-refractivity contribution is 6.30. The van der Waals surface area contributed by atoms with Crippen LogP contribution in [0.1, 0.15) is 17.0 Å². The standard InChI is InChI=1S/C15H15ClFN/c16-14-5-2-4-12(9-14)13(10-18)7-11-3-1-6-15(17)8-11/h1-6,8-9,13H,7,10,18H2. The molecule has 94 valence electrons. The largest absolute Gasteiger partial charge is 0.330 e. The summed E-state index contributed by atoms with van der Waals surface area (Å²) in [4.78, 5) is 0. The van der Waals surface area contributed by atoms with Gasteiger partial charge in [0, 0.05) is 10.9 Å². The van der Waals surface area contributed by atoms with E-state index in [1.165, 1.54) is 6.07 Å². The lowest BCUT2D eigenvalue weighted by atomic mass is 9.92. The van der Waals surface area contributed by atoms with Crippen molar-refractivity contribution in [1.29, 1.82) is 0 Å². The monoisotopic (exact) mass is 263 g/mol. The number of hydrogen-bond acceptors (Lipinski definition) is 1. The van der Waals surface area contributed by atoms with Gasteiger partial charge in [-0.2, -0.15) is 0 Å². The average Bonchev–Trinajstić information content (AvgIpc) is 2.36. The molecule has 0 saturated heterocycles. The van der Waals surface area contributed by atoms with Crippen molar-refractivity contribution in [2.75, 3.05) is 6.54 Å². The van der Waals surface area contributed by atoms with Crippen molar-refractivity contribution >= 4 is 11.6 Å². The van der Waals surface area contributed by atoms with Gasteiger partial charge in [-0.25, -0.2) is 4.39 Å². The highest BCUT2D eigenvalue weighted by Crippen LogP contribution is 2.23. The van der Waals surface area contributed by atoms with Crippen LogP contribution in [-0.2, 0) is 6.42 Å². The first-order valence-electron chi connectivity index (χ1n) is 5.89. The molecule has 2 aromatic carbocycles. The summed E-state index contributed by atoms with van der Waals surface area (Å²) in [5.41, 5.74) is 7.85. The summed E-state index contributed by atoms with van der Waals surface area (Å²) < 4.78 is 13.1. The zero-order valence-corrected chi connectivity index (χ0v) is 10.7. The van der Waals surface area contributed by atoms with E-state index in [4.69, 9.17) is 17.3 Å². The third kappa shape index (κ3) is 3.31. The summed E-state index contributed by atoms with van der Waals surface area (Å²) in [6, 6.07) is 14.3. The molecule has 0 aliphatic heterocycles. The molecule has 1 unspecified atom stereocenters. The Kier molecular flexibility index (Phi) is 4.34. The van der Waals surface area contributed by atoms with E-state index in [1.807, 2.05) is 30.3 Å². The van der Waals surface area contributed by atoms with E-state index in [0.29, 0.717) is 18.0 Å². The number of halogens is 2. The zero-order chi connectivity index (χ0) is 13.0. The second-order valence-electron chi connectivity index (χ2n) is 4.32. The van der Waals surface area contributed by atoms with Gasteiger partial charge >= 0.3 is 0 Å². The van der Waals surface area contributed by atoms with Gasteiger partial charge in [-0.05, 0) is 48.4 Å². The number of benzene rings is 2. The molecule has 18 heavy (non-hydrogen) atoms. The van der Waals surface area contributed by atoms with Crippen LogP contribution in [0.5, 0.6) is 0 Å². The Morgan fingerprint density at radius 2 is 1.89 bits per heavy atom. The maximum atomic E-state index is 13.1. The molecule has 0 bridgehead atoms. The molecule has 0 aromatic heterocycles. The Labute approximate surface area is 111 Å². The molecule has 1 atom stereocenters. The normalized spacial score (nSPS) is 12.4. The number of rotatable bonds is 4. The van der Waals surface area contributed by atoms with E-state index in [-0.39, 0.29) is 11.7 Å². The summed E-state index contributed by atoms with van der Waals surface area (Å²) in [7, 11) is 0. The van der Waals surface area contributed by atoms with Gasteiger partial charge in [-0.15, -0.1) is 0 Å². The van der Waals surface area contributed by atoms with Crippen molar-refractivity contribution in [3.8, 4) is 0 Å². The van der Waals surface area contributed by atoms with E-state index in [9.17, 15) is 4.39 Å². The van der Waals surface area contributed by atoms with Gasteiger partial charge < -0.3 is 5.73 Å². The highest BCUT2D eigenvalue weighted by atomic mass is 35.5. The summed E-state index contributed by atoms with van der Waals surface area (Å²) in [5, 5.41) is 0.699. The van der Waals surface area contributed by atoms with E-state index >= 15 is 0 Å². The second kappa shape index (κ2) is 5.98. The van der Waals surface area contributed by atoms with Crippen LogP contribution in [0.3, 0.4) is 0 Å². The van der Waals surface area contributed by atoms with Crippen molar-refractivity contribution in [2.45, 2.75) is 12.3 Å². The van der Waals surface area contributed by atoms with Gasteiger partial charge in [0.15, 0.2) is 0 Å². The molecule has 0 amide bonds. The van der Waals surface area contributed by atoms with Crippen LogP contribution in [0.15, 0.2) is 48.5 Å². The Hall–Kier alpha value is -1.38. The van der Waals surface area contributed by atoms with Gasteiger partial charge in [-0.1, -0.05) is 35.9 Å². The fourth-order valence-electron chi connectivity index (χ4n) is 2.05. The molecular weight excluding hydrogens is 249 g/mol. The first kappa shape index (κ1) is 13.1. The lowest BCUT2D eigenvalue weighted by molar-refractivity contribution is 0.621. The van der Waals surface area contributed by atoms with Crippen LogP contribution in [0, 0.1) is 5.82 Å². The van der Waals surface area contributed by atoms with Crippen LogP contribution in [0.2, 0.25) is 5.02 Å². The zero-order valence-electron chi connectivity index (χ0n) is 9.94. The lowest BCUT2D eigenvalue weighted by Gasteiger charge is -2.15. The maximum absolute atomic E-state index is 13.1. The SMILES string of the molecule is NCC(Cc1cccc(F)c1)c1cccc(Cl)c1. The number of nitrogens with two attached hydrogens (primary N) is 1. The summed E-state index contributed by atoms with van der Waals surface area (Å²) in [5.74, 6) is -0.0557. The molecule has 0 radical (unpaired) electrons.